The number of carbonyl (C=O) groups is 1. The fraction of sp³-hybridized carbons (Fsp3) is 0.900. The lowest BCUT2D eigenvalue weighted by Crippen LogP contribution is -2.29. The number of carboxylic acids is 1. The molecule has 0 aliphatic rings. The first-order valence-corrected chi connectivity index (χ1v) is 5.00. The molecule has 0 unspecified atom stereocenters. The minimum atomic E-state index is -0.708. The number of aliphatic hydroxyl groups is 3. The standard InChI is InChI=1S/C5H12O3.C5H10O2/c1-5(2-6,3-7)4-8;1-2-3-4-5(6)7/h6-8H,2-4H2,1H3;2-4H2,1H3,(H,6,7). The number of rotatable bonds is 6. The molecule has 0 aromatic heterocycles. The maximum absolute atomic E-state index is 9.76. The van der Waals surface area contributed by atoms with Crippen LogP contribution in [-0.4, -0.2) is 46.2 Å². The first-order chi connectivity index (χ1) is 6.95. The third kappa shape index (κ3) is 11.3. The van der Waals surface area contributed by atoms with E-state index >= 15 is 0 Å². The van der Waals surface area contributed by atoms with Gasteiger partial charge in [0.1, 0.15) is 0 Å². The molecule has 0 saturated heterocycles. The Morgan fingerprint density at radius 1 is 1.13 bits per heavy atom. The Morgan fingerprint density at radius 3 is 1.60 bits per heavy atom. The molecule has 0 radical (unpaired) electrons. The Kier molecular flexibility index (Phi) is 11.1. The lowest BCUT2D eigenvalue weighted by molar-refractivity contribution is -0.137. The Bertz CT molecular complexity index is 146. The summed E-state index contributed by atoms with van der Waals surface area (Å²) in [7, 11) is 0. The molecule has 0 rings (SSSR count). The molecular formula is C10H22O5. The zero-order chi connectivity index (χ0) is 12.3. The molecule has 0 saturated carbocycles. The van der Waals surface area contributed by atoms with Crippen molar-refractivity contribution in [1.82, 2.24) is 0 Å². The van der Waals surface area contributed by atoms with Crippen LogP contribution in [0.4, 0.5) is 0 Å². The van der Waals surface area contributed by atoms with E-state index in [4.69, 9.17) is 20.4 Å². The number of hydrogen-bond donors (Lipinski definition) is 4. The summed E-state index contributed by atoms with van der Waals surface area (Å²) in [5.41, 5.74) is -0.708. The lowest BCUT2D eigenvalue weighted by Gasteiger charge is -2.20. The molecule has 0 aromatic carbocycles. The van der Waals surface area contributed by atoms with E-state index < -0.39 is 11.4 Å². The summed E-state index contributed by atoms with van der Waals surface area (Å²) in [6, 6.07) is 0. The second-order valence-corrected chi connectivity index (χ2v) is 3.78. The van der Waals surface area contributed by atoms with E-state index in [0.717, 1.165) is 12.8 Å². The number of aliphatic hydroxyl groups excluding tert-OH is 3. The molecule has 4 N–H and O–H groups in total. The molecule has 0 heterocycles. The van der Waals surface area contributed by atoms with Crippen molar-refractivity contribution in [2.75, 3.05) is 19.8 Å². The molecule has 5 heteroatoms. The van der Waals surface area contributed by atoms with Crippen LogP contribution in [0.3, 0.4) is 0 Å². The quantitative estimate of drug-likeness (QED) is 0.516. The number of hydrogen-bond acceptors (Lipinski definition) is 4. The molecule has 0 bridgehead atoms. The van der Waals surface area contributed by atoms with Crippen molar-refractivity contribution < 1.29 is 25.2 Å². The predicted molar refractivity (Wildman–Crippen MR) is 56.5 cm³/mol. The van der Waals surface area contributed by atoms with E-state index in [-0.39, 0.29) is 19.8 Å². The van der Waals surface area contributed by atoms with Crippen LogP contribution < -0.4 is 0 Å². The van der Waals surface area contributed by atoms with Crippen LogP contribution in [0.1, 0.15) is 33.1 Å². The Morgan fingerprint density at radius 2 is 1.53 bits per heavy atom. The molecule has 0 aromatic rings. The first kappa shape index (κ1) is 16.8. The van der Waals surface area contributed by atoms with E-state index in [2.05, 4.69) is 0 Å². The van der Waals surface area contributed by atoms with Gasteiger partial charge in [-0.25, -0.2) is 0 Å². The highest BCUT2D eigenvalue weighted by atomic mass is 16.4. The van der Waals surface area contributed by atoms with E-state index in [0.29, 0.717) is 6.42 Å². The molecule has 0 amide bonds. The molecule has 0 aliphatic heterocycles. The average molecular weight is 222 g/mol. The monoisotopic (exact) mass is 222 g/mol. The second kappa shape index (κ2) is 9.89. The summed E-state index contributed by atoms with van der Waals surface area (Å²) in [5, 5.41) is 33.4. The van der Waals surface area contributed by atoms with E-state index in [1.807, 2.05) is 6.92 Å². The highest BCUT2D eigenvalue weighted by molar-refractivity contribution is 5.66. The summed E-state index contributed by atoms with van der Waals surface area (Å²) in [6.07, 6.45) is 2.08. The normalized spacial score (nSPS) is 10.5. The van der Waals surface area contributed by atoms with Crippen molar-refractivity contribution >= 4 is 5.97 Å². The molecule has 92 valence electrons. The first-order valence-electron chi connectivity index (χ1n) is 5.00. The van der Waals surface area contributed by atoms with Crippen molar-refractivity contribution in [1.29, 1.82) is 0 Å². The average Bonchev–Trinajstić information content (AvgIpc) is 2.26. The van der Waals surface area contributed by atoms with E-state index in [1.165, 1.54) is 0 Å². The molecule has 15 heavy (non-hydrogen) atoms. The van der Waals surface area contributed by atoms with Crippen LogP contribution in [0.2, 0.25) is 0 Å². The van der Waals surface area contributed by atoms with Gasteiger partial charge in [0.25, 0.3) is 0 Å². The van der Waals surface area contributed by atoms with Crippen molar-refractivity contribution in [3.05, 3.63) is 0 Å². The van der Waals surface area contributed by atoms with Crippen LogP contribution in [0.5, 0.6) is 0 Å². The van der Waals surface area contributed by atoms with Gasteiger partial charge in [0.05, 0.1) is 19.8 Å². The van der Waals surface area contributed by atoms with Gasteiger partial charge in [-0.1, -0.05) is 20.3 Å². The van der Waals surface area contributed by atoms with Crippen LogP contribution >= 0.6 is 0 Å². The number of aliphatic carboxylic acids is 1. The van der Waals surface area contributed by atoms with Crippen LogP contribution in [0.15, 0.2) is 0 Å². The fourth-order valence-electron chi connectivity index (χ4n) is 0.478. The summed E-state index contributed by atoms with van der Waals surface area (Å²) >= 11 is 0. The van der Waals surface area contributed by atoms with Gasteiger partial charge in [0, 0.05) is 11.8 Å². The van der Waals surface area contributed by atoms with Gasteiger partial charge in [-0.15, -0.1) is 0 Å². The van der Waals surface area contributed by atoms with E-state index in [1.54, 1.807) is 6.92 Å². The van der Waals surface area contributed by atoms with Crippen LogP contribution in [0, 0.1) is 5.41 Å². The van der Waals surface area contributed by atoms with E-state index in [9.17, 15) is 4.79 Å². The Balaban J connectivity index is 0. The van der Waals surface area contributed by atoms with Crippen molar-refractivity contribution in [2.24, 2.45) is 5.41 Å². The van der Waals surface area contributed by atoms with Gasteiger partial charge in [0.2, 0.25) is 0 Å². The number of carboxylic acid groups (broad SMARTS) is 1. The third-order valence-electron chi connectivity index (χ3n) is 1.89. The van der Waals surface area contributed by atoms with Crippen molar-refractivity contribution in [3.63, 3.8) is 0 Å². The number of unbranched alkanes of at least 4 members (excludes halogenated alkanes) is 1. The molecule has 0 aliphatic carbocycles. The smallest absolute Gasteiger partial charge is 0.303 e. The second-order valence-electron chi connectivity index (χ2n) is 3.78. The minimum Gasteiger partial charge on any atom is -0.481 e. The minimum absolute atomic E-state index is 0.181. The summed E-state index contributed by atoms with van der Waals surface area (Å²) in [4.78, 5) is 9.76. The van der Waals surface area contributed by atoms with Gasteiger partial charge < -0.3 is 20.4 Å². The highest BCUT2D eigenvalue weighted by Crippen LogP contribution is 2.10. The summed E-state index contributed by atoms with van der Waals surface area (Å²) < 4.78 is 0. The van der Waals surface area contributed by atoms with Crippen molar-refractivity contribution in [2.45, 2.75) is 33.1 Å². The van der Waals surface area contributed by atoms with Gasteiger partial charge in [-0.05, 0) is 6.42 Å². The summed E-state index contributed by atoms with van der Waals surface area (Å²) in [6.45, 7) is 3.04. The van der Waals surface area contributed by atoms with Crippen LogP contribution in [0.25, 0.3) is 0 Å². The lowest BCUT2D eigenvalue weighted by atomic mass is 9.95. The Labute approximate surface area is 90.4 Å². The third-order valence-corrected chi connectivity index (χ3v) is 1.89. The largest absolute Gasteiger partial charge is 0.481 e. The topological polar surface area (TPSA) is 98.0 Å². The maximum Gasteiger partial charge on any atom is 0.303 e. The molecule has 0 spiro atoms. The molecule has 0 atom stereocenters. The zero-order valence-electron chi connectivity index (χ0n) is 9.44. The molecule has 0 fully saturated rings. The van der Waals surface area contributed by atoms with Gasteiger partial charge in [-0.3, -0.25) is 4.79 Å². The highest BCUT2D eigenvalue weighted by Gasteiger charge is 2.20. The maximum atomic E-state index is 9.76. The fourth-order valence-corrected chi connectivity index (χ4v) is 0.478. The zero-order valence-corrected chi connectivity index (χ0v) is 9.44. The Hall–Kier alpha value is -0.650. The summed E-state index contributed by atoms with van der Waals surface area (Å²) in [5.74, 6) is -0.693. The predicted octanol–water partition coefficient (Wildman–Crippen LogP) is 0.231. The van der Waals surface area contributed by atoms with Gasteiger partial charge >= 0.3 is 5.97 Å². The SMILES string of the molecule is CC(CO)(CO)CO.CCCCC(=O)O. The van der Waals surface area contributed by atoms with Gasteiger partial charge in [-0.2, -0.15) is 0 Å². The van der Waals surface area contributed by atoms with Crippen molar-refractivity contribution in [3.8, 4) is 0 Å². The van der Waals surface area contributed by atoms with Gasteiger partial charge in [0.15, 0.2) is 0 Å². The molecular weight excluding hydrogens is 200 g/mol. The van der Waals surface area contributed by atoms with Crippen LogP contribution in [-0.2, 0) is 4.79 Å². The molecule has 5 nitrogen and oxygen atoms in total.